The second-order valence-corrected chi connectivity index (χ2v) is 5.69. The molecular formula is C21H16N2O. The zero-order valence-corrected chi connectivity index (χ0v) is 13.3. The van der Waals surface area contributed by atoms with Crippen LogP contribution in [-0.2, 0) is 0 Å². The smallest absolute Gasteiger partial charge is 0.153 e. The molecule has 3 heteroatoms. The van der Waals surface area contributed by atoms with E-state index in [0.29, 0.717) is 5.82 Å². The lowest BCUT2D eigenvalue weighted by atomic mass is 10.0. The van der Waals surface area contributed by atoms with Gasteiger partial charge in [0.2, 0.25) is 0 Å². The summed E-state index contributed by atoms with van der Waals surface area (Å²) in [6.45, 7) is 2.08. The van der Waals surface area contributed by atoms with E-state index in [1.54, 1.807) is 6.26 Å². The Kier molecular flexibility index (Phi) is 3.67. The van der Waals surface area contributed by atoms with Crippen LogP contribution in [0.1, 0.15) is 22.7 Å². The van der Waals surface area contributed by atoms with Gasteiger partial charge >= 0.3 is 0 Å². The Hall–Kier alpha value is -3.20. The molecule has 2 heterocycles. The number of fused-ring (bicyclic) bond motifs is 1. The average Bonchev–Trinajstić information content (AvgIpc) is 3.15. The van der Waals surface area contributed by atoms with Crippen LogP contribution in [0.4, 0.5) is 0 Å². The molecule has 2 aromatic heterocycles. The lowest BCUT2D eigenvalue weighted by Gasteiger charge is -2.06. The van der Waals surface area contributed by atoms with E-state index >= 15 is 0 Å². The number of hydrogen-bond acceptors (Lipinski definition) is 3. The monoisotopic (exact) mass is 312 g/mol. The summed E-state index contributed by atoms with van der Waals surface area (Å²) in [7, 11) is 0. The summed E-state index contributed by atoms with van der Waals surface area (Å²) in [5, 5.41) is 1.03. The quantitative estimate of drug-likeness (QED) is 0.527. The predicted octanol–water partition coefficient (Wildman–Crippen LogP) is 5.12. The van der Waals surface area contributed by atoms with Crippen LogP contribution >= 0.6 is 0 Å². The van der Waals surface area contributed by atoms with Crippen molar-refractivity contribution in [3.63, 3.8) is 0 Å². The lowest BCUT2D eigenvalue weighted by Crippen LogP contribution is -1.92. The number of nitrogens with zero attached hydrogens (tertiary/aromatic N) is 2. The molecule has 0 fully saturated rings. The number of rotatable bonds is 3. The van der Waals surface area contributed by atoms with E-state index in [2.05, 4.69) is 41.2 Å². The number of hydrogen-bond donors (Lipinski definition) is 0. The Morgan fingerprint density at radius 2 is 1.79 bits per heavy atom. The summed E-state index contributed by atoms with van der Waals surface area (Å²) < 4.78 is 5.62. The van der Waals surface area contributed by atoms with Gasteiger partial charge in [-0.3, -0.25) is 0 Å². The lowest BCUT2D eigenvalue weighted by molar-refractivity contribution is 0.554. The molecule has 0 N–H and O–H groups in total. The van der Waals surface area contributed by atoms with Crippen molar-refractivity contribution in [2.75, 3.05) is 0 Å². The van der Waals surface area contributed by atoms with Crippen molar-refractivity contribution in [2.24, 2.45) is 0 Å². The molecule has 0 unspecified atom stereocenters. The van der Waals surface area contributed by atoms with Crippen LogP contribution in [0.25, 0.3) is 22.6 Å². The van der Waals surface area contributed by atoms with Crippen LogP contribution in [0.15, 0.2) is 77.5 Å². The highest BCUT2D eigenvalue weighted by Crippen LogP contribution is 2.26. The first kappa shape index (κ1) is 14.4. The van der Waals surface area contributed by atoms with Crippen molar-refractivity contribution in [1.29, 1.82) is 0 Å². The largest absolute Gasteiger partial charge is 0.464 e. The van der Waals surface area contributed by atoms with Crippen molar-refractivity contribution in [3.8, 4) is 0 Å². The van der Waals surface area contributed by atoms with Crippen LogP contribution in [-0.4, -0.2) is 9.97 Å². The summed E-state index contributed by atoms with van der Waals surface area (Å²) in [6, 6.07) is 20.2. The molecule has 0 bridgehead atoms. The molecule has 0 saturated carbocycles. The zero-order chi connectivity index (χ0) is 16.4. The number of furan rings is 1. The molecule has 2 aromatic carbocycles. The Bertz CT molecular complexity index is 1000. The standard InChI is InChI=1S/C21H16N2O/c1-15-8-10-16(11-9-15)18(20-7-4-12-24-20)13-21-22-14-17-5-2-3-6-19(17)23-21/h2-14H,1H3/b18-13+. The summed E-state index contributed by atoms with van der Waals surface area (Å²) in [5.74, 6) is 1.47. The molecule has 0 aliphatic carbocycles. The fourth-order valence-corrected chi connectivity index (χ4v) is 2.65. The van der Waals surface area contributed by atoms with Gasteiger partial charge in [0.05, 0.1) is 11.8 Å². The second-order valence-electron chi connectivity index (χ2n) is 5.69. The third kappa shape index (κ3) is 2.84. The first-order valence-corrected chi connectivity index (χ1v) is 7.84. The highest BCUT2D eigenvalue weighted by Gasteiger charge is 2.09. The number of benzene rings is 2. The van der Waals surface area contributed by atoms with Crippen molar-refractivity contribution in [2.45, 2.75) is 6.92 Å². The van der Waals surface area contributed by atoms with Crippen LogP contribution < -0.4 is 0 Å². The van der Waals surface area contributed by atoms with Crippen molar-refractivity contribution < 1.29 is 4.42 Å². The van der Waals surface area contributed by atoms with E-state index in [4.69, 9.17) is 4.42 Å². The molecule has 0 spiro atoms. The topological polar surface area (TPSA) is 38.9 Å². The van der Waals surface area contributed by atoms with Gasteiger partial charge < -0.3 is 4.42 Å². The molecule has 0 aliphatic heterocycles. The van der Waals surface area contributed by atoms with Gasteiger partial charge in [-0.1, -0.05) is 48.0 Å². The Balaban J connectivity index is 1.85. The van der Waals surface area contributed by atoms with E-state index < -0.39 is 0 Å². The van der Waals surface area contributed by atoms with E-state index in [-0.39, 0.29) is 0 Å². The van der Waals surface area contributed by atoms with Gasteiger partial charge in [-0.25, -0.2) is 9.97 Å². The molecule has 24 heavy (non-hydrogen) atoms. The molecule has 3 nitrogen and oxygen atoms in total. The third-order valence-corrected chi connectivity index (χ3v) is 3.93. The molecule has 0 radical (unpaired) electrons. The van der Waals surface area contributed by atoms with Gasteiger partial charge in [-0.15, -0.1) is 0 Å². The fourth-order valence-electron chi connectivity index (χ4n) is 2.65. The second kappa shape index (κ2) is 6.13. The number of aromatic nitrogens is 2. The summed E-state index contributed by atoms with van der Waals surface area (Å²) >= 11 is 0. The molecule has 0 amide bonds. The summed E-state index contributed by atoms with van der Waals surface area (Å²) in [6.07, 6.45) is 5.50. The normalized spacial score (nSPS) is 11.8. The van der Waals surface area contributed by atoms with Crippen LogP contribution in [0.5, 0.6) is 0 Å². The first-order chi connectivity index (χ1) is 11.8. The average molecular weight is 312 g/mol. The Morgan fingerprint density at radius 1 is 0.958 bits per heavy atom. The predicted molar refractivity (Wildman–Crippen MR) is 96.4 cm³/mol. The minimum atomic E-state index is 0.667. The third-order valence-electron chi connectivity index (χ3n) is 3.93. The van der Waals surface area contributed by atoms with E-state index in [1.165, 1.54) is 5.56 Å². The molecule has 4 aromatic rings. The Morgan fingerprint density at radius 3 is 2.58 bits per heavy atom. The maximum atomic E-state index is 5.62. The molecule has 0 saturated heterocycles. The molecule has 116 valence electrons. The van der Waals surface area contributed by atoms with Gasteiger partial charge in [-0.2, -0.15) is 0 Å². The minimum absolute atomic E-state index is 0.667. The fraction of sp³-hybridized carbons (Fsp3) is 0.0476. The van der Waals surface area contributed by atoms with Gasteiger partial charge in [-0.05, 0) is 36.8 Å². The minimum Gasteiger partial charge on any atom is -0.464 e. The van der Waals surface area contributed by atoms with E-state index in [0.717, 1.165) is 27.8 Å². The van der Waals surface area contributed by atoms with Crippen molar-refractivity contribution in [3.05, 3.63) is 95.8 Å². The highest BCUT2D eigenvalue weighted by atomic mass is 16.3. The first-order valence-electron chi connectivity index (χ1n) is 7.84. The van der Waals surface area contributed by atoms with Crippen LogP contribution in [0.2, 0.25) is 0 Å². The summed E-state index contributed by atoms with van der Waals surface area (Å²) in [5.41, 5.74) is 4.20. The van der Waals surface area contributed by atoms with Crippen LogP contribution in [0.3, 0.4) is 0 Å². The number of aryl methyl sites for hydroxylation is 1. The highest BCUT2D eigenvalue weighted by molar-refractivity contribution is 5.89. The number of para-hydroxylation sites is 1. The van der Waals surface area contributed by atoms with Gasteiger partial charge in [0, 0.05) is 17.2 Å². The van der Waals surface area contributed by atoms with Gasteiger partial charge in [0.25, 0.3) is 0 Å². The maximum absolute atomic E-state index is 5.62. The molecule has 0 aliphatic rings. The van der Waals surface area contributed by atoms with Gasteiger partial charge in [0.1, 0.15) is 5.76 Å². The van der Waals surface area contributed by atoms with Crippen molar-refractivity contribution in [1.82, 2.24) is 9.97 Å². The van der Waals surface area contributed by atoms with Gasteiger partial charge in [0.15, 0.2) is 5.82 Å². The molecular weight excluding hydrogens is 296 g/mol. The Labute approximate surface area is 140 Å². The molecule has 4 rings (SSSR count). The van der Waals surface area contributed by atoms with Crippen LogP contribution in [0, 0.1) is 6.92 Å². The maximum Gasteiger partial charge on any atom is 0.153 e. The summed E-state index contributed by atoms with van der Waals surface area (Å²) in [4.78, 5) is 9.11. The van der Waals surface area contributed by atoms with Crippen molar-refractivity contribution >= 4 is 22.6 Å². The van der Waals surface area contributed by atoms with E-state index in [1.807, 2.05) is 48.7 Å². The molecule has 0 atom stereocenters. The zero-order valence-electron chi connectivity index (χ0n) is 13.3. The SMILES string of the molecule is Cc1ccc(/C(=C\c2ncc3ccccc3n2)c2ccco2)cc1. The van der Waals surface area contributed by atoms with E-state index in [9.17, 15) is 0 Å².